The van der Waals surface area contributed by atoms with Crippen LogP contribution in [0.4, 0.5) is 0 Å². The van der Waals surface area contributed by atoms with Gasteiger partial charge in [-0.1, -0.05) is 6.92 Å². The first-order valence-corrected chi connectivity index (χ1v) is 5.83. The van der Waals surface area contributed by atoms with Crippen LogP contribution in [-0.2, 0) is 4.18 Å². The van der Waals surface area contributed by atoms with E-state index in [9.17, 15) is 0 Å². The number of hydrogen-bond acceptors (Lipinski definition) is 3. The molecule has 0 fully saturated rings. The highest BCUT2D eigenvalue weighted by atomic mass is 32.2. The number of aliphatic hydroxyl groups is 1. The monoisotopic (exact) mass is 208 g/mol. The van der Waals surface area contributed by atoms with Crippen molar-refractivity contribution in [2.45, 2.75) is 32.8 Å². The van der Waals surface area contributed by atoms with E-state index in [2.05, 4.69) is 16.5 Å². The third kappa shape index (κ3) is 6.95. The molecule has 0 radical (unpaired) electrons. The first-order valence-electron chi connectivity index (χ1n) is 4.10. The largest absolute Gasteiger partial charge is 0.393 e. The Hall–Kier alpha value is 0.270. The molecule has 0 aliphatic heterocycles. The lowest BCUT2D eigenvalue weighted by atomic mass is 10.2. The fourth-order valence-corrected chi connectivity index (χ4v) is 1.85. The van der Waals surface area contributed by atoms with Crippen molar-refractivity contribution >= 4 is 27.3 Å². The van der Waals surface area contributed by atoms with E-state index in [1.807, 2.05) is 6.92 Å². The molecule has 0 aromatic carbocycles. The van der Waals surface area contributed by atoms with E-state index < -0.39 is 0 Å². The number of thiocarbonyl (C=S) groups is 1. The van der Waals surface area contributed by atoms with Crippen molar-refractivity contribution < 1.29 is 9.29 Å². The zero-order chi connectivity index (χ0) is 9.40. The fourth-order valence-electron chi connectivity index (χ4n) is 0.705. The van der Waals surface area contributed by atoms with Gasteiger partial charge < -0.3 is 9.29 Å². The summed E-state index contributed by atoms with van der Waals surface area (Å²) in [5.41, 5.74) is 0. The normalized spacial score (nSPS) is 15.2. The standard InChI is InChI=1S/C8H16O2S2/c1-3-12(7-11)10-6-4-5-8(2)9/h8-9H,3-6H2,1-2H3. The van der Waals surface area contributed by atoms with Crippen LogP contribution in [0, 0.1) is 0 Å². The maximum Gasteiger partial charge on any atom is 0.0615 e. The lowest BCUT2D eigenvalue weighted by Crippen LogP contribution is -2.01. The van der Waals surface area contributed by atoms with Gasteiger partial charge in [0.1, 0.15) is 0 Å². The number of hydrogen-bond donors (Lipinski definition) is 1. The molecule has 0 spiro atoms. The maximum absolute atomic E-state index is 8.94. The second kappa shape index (κ2) is 7.90. The van der Waals surface area contributed by atoms with Crippen LogP contribution in [0.1, 0.15) is 26.7 Å². The predicted molar refractivity (Wildman–Crippen MR) is 57.6 cm³/mol. The van der Waals surface area contributed by atoms with E-state index >= 15 is 0 Å². The summed E-state index contributed by atoms with van der Waals surface area (Å²) in [6.07, 6.45) is 1.45. The molecule has 0 amide bonds. The van der Waals surface area contributed by atoms with Crippen molar-refractivity contribution in [3.8, 4) is 0 Å². The Kier molecular flexibility index (Phi) is 8.07. The molecular weight excluding hydrogens is 192 g/mol. The Morgan fingerprint density at radius 3 is 2.75 bits per heavy atom. The molecule has 0 aromatic heterocycles. The molecule has 4 heteroatoms. The first-order chi connectivity index (χ1) is 5.70. The minimum absolute atomic E-state index is 0.228. The van der Waals surface area contributed by atoms with Crippen molar-refractivity contribution in [2.24, 2.45) is 0 Å². The summed E-state index contributed by atoms with van der Waals surface area (Å²) in [7, 11) is -0.270. The number of aliphatic hydroxyl groups excluding tert-OH is 1. The van der Waals surface area contributed by atoms with Gasteiger partial charge in [0.05, 0.1) is 12.7 Å². The fraction of sp³-hybridized carbons (Fsp3) is 0.875. The summed E-state index contributed by atoms with van der Waals surface area (Å²) < 4.78 is 8.06. The van der Waals surface area contributed by atoms with Crippen molar-refractivity contribution in [1.82, 2.24) is 0 Å². The average Bonchev–Trinajstić information content (AvgIpc) is 2.04. The molecular formula is C8H16O2S2. The van der Waals surface area contributed by atoms with Gasteiger partial charge in [0.15, 0.2) is 0 Å². The molecule has 1 N–H and O–H groups in total. The Labute approximate surface area is 82.1 Å². The zero-order valence-electron chi connectivity index (χ0n) is 7.58. The quantitative estimate of drug-likeness (QED) is 0.536. The molecule has 0 aromatic rings. The van der Waals surface area contributed by atoms with E-state index in [0.29, 0.717) is 6.61 Å². The van der Waals surface area contributed by atoms with Gasteiger partial charge in [-0.25, -0.2) is 0 Å². The Morgan fingerprint density at radius 2 is 2.33 bits per heavy atom. The minimum Gasteiger partial charge on any atom is -0.393 e. The van der Waals surface area contributed by atoms with Crippen LogP contribution in [-0.4, -0.2) is 27.9 Å². The summed E-state index contributed by atoms with van der Waals surface area (Å²) >= 11 is 4.66. The molecule has 0 saturated carbocycles. The highest BCUT2D eigenvalue weighted by Crippen LogP contribution is 2.12. The van der Waals surface area contributed by atoms with Crippen LogP contribution in [0.3, 0.4) is 0 Å². The predicted octanol–water partition coefficient (Wildman–Crippen LogP) is 2.20. The van der Waals surface area contributed by atoms with Gasteiger partial charge in [-0.3, -0.25) is 0 Å². The van der Waals surface area contributed by atoms with Gasteiger partial charge in [-0.05, 0) is 42.7 Å². The molecule has 0 rings (SSSR count). The van der Waals surface area contributed by atoms with Gasteiger partial charge in [-0.15, -0.1) is 0 Å². The first kappa shape index (κ1) is 12.3. The summed E-state index contributed by atoms with van der Waals surface area (Å²) in [4.78, 5) is 0. The molecule has 0 aliphatic carbocycles. The number of rotatable bonds is 6. The summed E-state index contributed by atoms with van der Waals surface area (Å²) in [5, 5.41) is 8.94. The second-order valence-electron chi connectivity index (χ2n) is 2.53. The topological polar surface area (TPSA) is 29.5 Å². The Bertz CT molecular complexity index is 162. The van der Waals surface area contributed by atoms with Crippen molar-refractivity contribution in [2.75, 3.05) is 12.4 Å². The van der Waals surface area contributed by atoms with Crippen LogP contribution in [0.2, 0.25) is 0 Å². The molecule has 12 heavy (non-hydrogen) atoms. The van der Waals surface area contributed by atoms with Gasteiger partial charge >= 0.3 is 0 Å². The maximum atomic E-state index is 8.94. The SMILES string of the molecule is CCS(=C=S)OCCCC(C)O. The van der Waals surface area contributed by atoms with E-state index in [0.717, 1.165) is 18.6 Å². The second-order valence-corrected chi connectivity index (χ2v) is 4.70. The van der Waals surface area contributed by atoms with Crippen LogP contribution in [0.25, 0.3) is 0 Å². The van der Waals surface area contributed by atoms with E-state index in [-0.39, 0.29) is 16.9 Å². The van der Waals surface area contributed by atoms with Crippen LogP contribution >= 0.6 is 23.0 Å². The molecule has 2 atom stereocenters. The molecule has 72 valence electrons. The van der Waals surface area contributed by atoms with Crippen molar-refractivity contribution in [3.05, 3.63) is 0 Å². The molecule has 0 saturated heterocycles. The van der Waals surface area contributed by atoms with Crippen LogP contribution in [0.15, 0.2) is 0 Å². The average molecular weight is 208 g/mol. The van der Waals surface area contributed by atoms with E-state index in [1.54, 1.807) is 6.92 Å². The Morgan fingerprint density at radius 1 is 1.67 bits per heavy atom. The summed E-state index contributed by atoms with van der Waals surface area (Å²) in [6, 6.07) is 0. The zero-order valence-corrected chi connectivity index (χ0v) is 9.21. The van der Waals surface area contributed by atoms with Gasteiger partial charge in [0, 0.05) is 10.1 Å². The van der Waals surface area contributed by atoms with E-state index in [1.165, 1.54) is 0 Å². The molecule has 0 bridgehead atoms. The molecule has 2 unspecified atom stereocenters. The molecule has 0 aliphatic rings. The van der Waals surface area contributed by atoms with Gasteiger partial charge in [-0.2, -0.15) is 0 Å². The van der Waals surface area contributed by atoms with E-state index in [4.69, 9.17) is 9.29 Å². The summed E-state index contributed by atoms with van der Waals surface area (Å²) in [6.45, 7) is 4.48. The lowest BCUT2D eigenvalue weighted by Gasteiger charge is -2.05. The summed E-state index contributed by atoms with van der Waals surface area (Å²) in [5.74, 6) is 0.901. The molecule has 2 nitrogen and oxygen atoms in total. The van der Waals surface area contributed by atoms with Crippen molar-refractivity contribution in [3.63, 3.8) is 0 Å². The smallest absolute Gasteiger partial charge is 0.0615 e. The third-order valence-electron chi connectivity index (χ3n) is 1.35. The molecule has 0 heterocycles. The van der Waals surface area contributed by atoms with Gasteiger partial charge in [0.2, 0.25) is 0 Å². The highest BCUT2D eigenvalue weighted by Gasteiger charge is 1.96. The van der Waals surface area contributed by atoms with Crippen molar-refractivity contribution in [1.29, 1.82) is 0 Å². The third-order valence-corrected chi connectivity index (χ3v) is 3.07. The van der Waals surface area contributed by atoms with Crippen LogP contribution in [0.5, 0.6) is 0 Å². The lowest BCUT2D eigenvalue weighted by molar-refractivity contribution is 0.173. The Balaban J connectivity index is 3.37. The van der Waals surface area contributed by atoms with Crippen LogP contribution < -0.4 is 0 Å². The minimum atomic E-state index is -0.270. The van der Waals surface area contributed by atoms with Gasteiger partial charge in [0.25, 0.3) is 0 Å². The highest BCUT2D eigenvalue weighted by molar-refractivity contribution is 8.15.